The van der Waals surface area contributed by atoms with E-state index in [9.17, 15) is 4.39 Å². The van der Waals surface area contributed by atoms with Crippen LogP contribution in [-0.2, 0) is 19.5 Å². The molecule has 29 heavy (non-hydrogen) atoms. The summed E-state index contributed by atoms with van der Waals surface area (Å²) in [6, 6.07) is 11.2. The molecule has 5 rings (SSSR count). The van der Waals surface area contributed by atoms with Crippen LogP contribution in [-0.4, -0.2) is 21.4 Å². The standard InChI is InChI=1S/C24H26FN3S/c25-21-9-5-4-8-20(21)23-11-10-19(29-23)16-28-13-12-22-18(15-28)14-26-24(27-22)17-6-2-1-3-7-17/h4-5,8-11,14,17H,1-3,6-7,12-13,15-16H2. The number of hydrogen-bond donors (Lipinski definition) is 0. The molecule has 0 spiro atoms. The summed E-state index contributed by atoms with van der Waals surface area (Å²) in [5.74, 6) is 1.48. The highest BCUT2D eigenvalue weighted by Crippen LogP contribution is 2.33. The third kappa shape index (κ3) is 4.12. The van der Waals surface area contributed by atoms with Gasteiger partial charge in [0.1, 0.15) is 11.6 Å². The lowest BCUT2D eigenvalue weighted by Gasteiger charge is -2.28. The van der Waals surface area contributed by atoms with E-state index in [-0.39, 0.29) is 5.82 Å². The van der Waals surface area contributed by atoms with E-state index in [2.05, 4.69) is 17.2 Å². The van der Waals surface area contributed by atoms with E-state index >= 15 is 0 Å². The molecule has 3 aromatic rings. The van der Waals surface area contributed by atoms with Crippen molar-refractivity contribution in [2.75, 3.05) is 6.54 Å². The van der Waals surface area contributed by atoms with Crippen molar-refractivity contribution >= 4 is 11.3 Å². The molecule has 2 aromatic heterocycles. The van der Waals surface area contributed by atoms with Crippen LogP contribution in [0.5, 0.6) is 0 Å². The minimum Gasteiger partial charge on any atom is -0.293 e. The third-order valence-corrected chi connectivity index (χ3v) is 7.29. The molecule has 1 aliphatic heterocycles. The van der Waals surface area contributed by atoms with Crippen molar-refractivity contribution in [3.05, 3.63) is 70.4 Å². The molecule has 3 nitrogen and oxygen atoms in total. The Kier molecular flexibility index (Phi) is 5.42. The molecule has 0 saturated heterocycles. The normalized spacial score (nSPS) is 18.0. The zero-order valence-corrected chi connectivity index (χ0v) is 17.4. The van der Waals surface area contributed by atoms with Gasteiger partial charge in [-0.05, 0) is 31.0 Å². The number of aromatic nitrogens is 2. The van der Waals surface area contributed by atoms with Gasteiger partial charge in [0.25, 0.3) is 0 Å². The molecule has 2 aliphatic rings. The van der Waals surface area contributed by atoms with E-state index in [0.29, 0.717) is 11.5 Å². The molecule has 0 radical (unpaired) electrons. The topological polar surface area (TPSA) is 29.0 Å². The van der Waals surface area contributed by atoms with Gasteiger partial charge in [-0.25, -0.2) is 14.4 Å². The van der Waals surface area contributed by atoms with Crippen LogP contribution < -0.4 is 0 Å². The van der Waals surface area contributed by atoms with Crippen molar-refractivity contribution in [1.82, 2.24) is 14.9 Å². The van der Waals surface area contributed by atoms with Gasteiger partial charge in [-0.15, -0.1) is 11.3 Å². The minimum absolute atomic E-state index is 0.154. The molecule has 1 fully saturated rings. The van der Waals surface area contributed by atoms with Crippen LogP contribution in [0.15, 0.2) is 42.6 Å². The van der Waals surface area contributed by atoms with Crippen molar-refractivity contribution in [2.45, 2.75) is 57.5 Å². The van der Waals surface area contributed by atoms with Crippen LogP contribution in [0.4, 0.5) is 4.39 Å². The largest absolute Gasteiger partial charge is 0.293 e. The summed E-state index contributed by atoms with van der Waals surface area (Å²) in [5.41, 5.74) is 3.20. The zero-order chi connectivity index (χ0) is 19.6. The highest BCUT2D eigenvalue weighted by Gasteiger charge is 2.23. The monoisotopic (exact) mass is 407 g/mol. The van der Waals surface area contributed by atoms with Crippen LogP contribution in [0.3, 0.4) is 0 Å². The second kappa shape index (κ2) is 8.33. The average Bonchev–Trinajstić information content (AvgIpc) is 3.22. The fraction of sp³-hybridized carbons (Fsp3) is 0.417. The molecule has 0 atom stereocenters. The average molecular weight is 408 g/mol. The van der Waals surface area contributed by atoms with Gasteiger partial charge in [0.2, 0.25) is 0 Å². The van der Waals surface area contributed by atoms with Gasteiger partial charge < -0.3 is 0 Å². The van der Waals surface area contributed by atoms with Gasteiger partial charge in [-0.3, -0.25) is 4.90 Å². The fourth-order valence-electron chi connectivity index (χ4n) is 4.57. The molecule has 0 N–H and O–H groups in total. The first-order chi connectivity index (χ1) is 14.3. The Bertz CT molecular complexity index is 993. The first-order valence-corrected chi connectivity index (χ1v) is 11.5. The molecule has 1 aromatic carbocycles. The quantitative estimate of drug-likeness (QED) is 0.535. The number of hydrogen-bond acceptors (Lipinski definition) is 4. The number of fused-ring (bicyclic) bond motifs is 1. The van der Waals surface area contributed by atoms with Crippen molar-refractivity contribution in [1.29, 1.82) is 0 Å². The Hall–Kier alpha value is -2.11. The van der Waals surface area contributed by atoms with Gasteiger partial charge in [-0.2, -0.15) is 0 Å². The molecule has 0 amide bonds. The van der Waals surface area contributed by atoms with Crippen molar-refractivity contribution in [2.24, 2.45) is 0 Å². The Labute approximate surface area is 175 Å². The van der Waals surface area contributed by atoms with Gasteiger partial charge in [0.05, 0.1) is 0 Å². The van der Waals surface area contributed by atoms with Gasteiger partial charge in [0, 0.05) is 64.7 Å². The number of nitrogens with zero attached hydrogens (tertiary/aromatic N) is 3. The Balaban J connectivity index is 1.26. The first kappa shape index (κ1) is 18.9. The highest BCUT2D eigenvalue weighted by atomic mass is 32.1. The van der Waals surface area contributed by atoms with E-state index in [1.807, 2.05) is 18.2 Å². The van der Waals surface area contributed by atoms with Crippen LogP contribution in [0.1, 0.15) is 60.0 Å². The number of thiophene rings is 1. The maximum atomic E-state index is 14.1. The summed E-state index contributed by atoms with van der Waals surface area (Å²) >= 11 is 1.68. The fourth-order valence-corrected chi connectivity index (χ4v) is 5.65. The SMILES string of the molecule is Fc1ccccc1-c1ccc(CN2CCc3nc(C4CCCCC4)ncc3C2)s1. The summed E-state index contributed by atoms with van der Waals surface area (Å²) in [7, 11) is 0. The lowest BCUT2D eigenvalue weighted by Crippen LogP contribution is -2.31. The maximum absolute atomic E-state index is 14.1. The van der Waals surface area contributed by atoms with Gasteiger partial charge in [-0.1, -0.05) is 37.5 Å². The maximum Gasteiger partial charge on any atom is 0.131 e. The van der Waals surface area contributed by atoms with Crippen LogP contribution in [0.2, 0.25) is 0 Å². The second-order valence-corrected chi connectivity index (χ2v) is 9.41. The Morgan fingerprint density at radius 1 is 1.07 bits per heavy atom. The zero-order valence-electron chi connectivity index (χ0n) is 16.6. The number of benzene rings is 1. The predicted octanol–water partition coefficient (Wildman–Crippen LogP) is 5.95. The highest BCUT2D eigenvalue weighted by molar-refractivity contribution is 7.15. The van der Waals surface area contributed by atoms with Gasteiger partial charge in [0.15, 0.2) is 0 Å². The van der Waals surface area contributed by atoms with E-state index in [0.717, 1.165) is 36.8 Å². The number of rotatable bonds is 4. The first-order valence-electron chi connectivity index (χ1n) is 10.7. The summed E-state index contributed by atoms with van der Waals surface area (Å²) in [6.45, 7) is 2.80. The Morgan fingerprint density at radius 2 is 1.93 bits per heavy atom. The summed E-state index contributed by atoms with van der Waals surface area (Å²) in [6.07, 6.45) is 9.53. The molecule has 5 heteroatoms. The molecule has 0 unspecified atom stereocenters. The van der Waals surface area contributed by atoms with E-state index in [1.165, 1.54) is 54.3 Å². The molecule has 0 bridgehead atoms. The summed E-state index contributed by atoms with van der Waals surface area (Å²) in [5, 5.41) is 0. The van der Waals surface area contributed by atoms with Crippen LogP contribution >= 0.6 is 11.3 Å². The van der Waals surface area contributed by atoms with Gasteiger partial charge >= 0.3 is 0 Å². The van der Waals surface area contributed by atoms with E-state index in [1.54, 1.807) is 17.4 Å². The number of halogens is 1. The van der Waals surface area contributed by atoms with Crippen LogP contribution in [0.25, 0.3) is 10.4 Å². The Morgan fingerprint density at radius 3 is 2.79 bits per heavy atom. The van der Waals surface area contributed by atoms with Crippen LogP contribution in [0, 0.1) is 5.82 Å². The molecular weight excluding hydrogens is 381 g/mol. The van der Waals surface area contributed by atoms with E-state index in [4.69, 9.17) is 9.97 Å². The molecule has 3 heterocycles. The van der Waals surface area contributed by atoms with E-state index < -0.39 is 0 Å². The summed E-state index contributed by atoms with van der Waals surface area (Å²) < 4.78 is 14.1. The van der Waals surface area contributed by atoms with Crippen molar-refractivity contribution in [3.63, 3.8) is 0 Å². The lowest BCUT2D eigenvalue weighted by molar-refractivity contribution is 0.244. The predicted molar refractivity (Wildman–Crippen MR) is 115 cm³/mol. The lowest BCUT2D eigenvalue weighted by atomic mass is 9.88. The molecule has 1 aliphatic carbocycles. The second-order valence-electron chi connectivity index (χ2n) is 8.24. The molecular formula is C24H26FN3S. The van der Waals surface area contributed by atoms with Crippen molar-refractivity contribution in [3.8, 4) is 10.4 Å². The third-order valence-electron chi connectivity index (χ3n) is 6.18. The molecule has 1 saturated carbocycles. The smallest absolute Gasteiger partial charge is 0.131 e. The summed E-state index contributed by atoms with van der Waals surface area (Å²) in [4.78, 5) is 14.4. The van der Waals surface area contributed by atoms with Crippen molar-refractivity contribution < 1.29 is 4.39 Å². The molecule has 150 valence electrons. The minimum atomic E-state index is -0.154.